The quantitative estimate of drug-likeness (QED) is 0.495. The molecule has 10 nitrogen and oxygen atoms in total. The van der Waals surface area contributed by atoms with Crippen LogP contribution in [0.4, 0.5) is 21.1 Å². The number of aromatic nitrogens is 3. The predicted octanol–water partition coefficient (Wildman–Crippen LogP) is 3.25. The van der Waals surface area contributed by atoms with Crippen LogP contribution < -0.4 is 16.0 Å². The standard InChI is InChI=1S/C21H22N6O4/c1-2-12-3-5-22-10-16(12)13-7-14-9-18(25-20(28)23-15-4-6-31-11-15)26-27-19(14)17(8-13)24-21(29)30/h3,5,7-10,15,24H,2,4,6,11H2,1H3,(H,29,30)(H2,23,25,26,28). The highest BCUT2D eigenvalue weighted by atomic mass is 16.5. The number of amides is 3. The maximum atomic E-state index is 12.2. The second kappa shape index (κ2) is 8.92. The van der Waals surface area contributed by atoms with Crippen molar-refractivity contribution in [1.82, 2.24) is 20.5 Å². The van der Waals surface area contributed by atoms with Crippen LogP contribution in [0.25, 0.3) is 22.0 Å². The van der Waals surface area contributed by atoms with Gasteiger partial charge in [-0.3, -0.25) is 15.6 Å². The van der Waals surface area contributed by atoms with E-state index < -0.39 is 12.1 Å². The molecule has 4 N–H and O–H groups in total. The second-order valence-corrected chi connectivity index (χ2v) is 7.17. The number of carboxylic acid groups (broad SMARTS) is 1. The van der Waals surface area contributed by atoms with E-state index in [0.29, 0.717) is 29.8 Å². The van der Waals surface area contributed by atoms with Crippen molar-refractivity contribution in [2.24, 2.45) is 0 Å². The van der Waals surface area contributed by atoms with E-state index in [1.54, 1.807) is 24.5 Å². The number of urea groups is 1. The molecule has 4 rings (SSSR count). The molecule has 1 aliphatic heterocycles. The van der Waals surface area contributed by atoms with Crippen LogP contribution in [0.2, 0.25) is 0 Å². The summed E-state index contributed by atoms with van der Waals surface area (Å²) in [6, 6.07) is 6.74. The van der Waals surface area contributed by atoms with Crippen molar-refractivity contribution in [2.45, 2.75) is 25.8 Å². The molecule has 31 heavy (non-hydrogen) atoms. The van der Waals surface area contributed by atoms with Gasteiger partial charge in [0.15, 0.2) is 5.82 Å². The Bertz CT molecular complexity index is 1130. The first-order valence-corrected chi connectivity index (χ1v) is 9.93. The lowest BCUT2D eigenvalue weighted by Crippen LogP contribution is -2.38. The number of aryl methyl sites for hydroxylation is 1. The summed E-state index contributed by atoms with van der Waals surface area (Å²) in [7, 11) is 0. The summed E-state index contributed by atoms with van der Waals surface area (Å²) >= 11 is 0. The lowest BCUT2D eigenvalue weighted by molar-refractivity contribution is 0.189. The van der Waals surface area contributed by atoms with Crippen molar-refractivity contribution in [3.05, 3.63) is 42.2 Å². The molecule has 0 saturated carbocycles. The van der Waals surface area contributed by atoms with Gasteiger partial charge in [-0.1, -0.05) is 6.92 Å². The Labute approximate surface area is 178 Å². The molecule has 1 aromatic carbocycles. The highest BCUT2D eigenvalue weighted by Gasteiger charge is 2.18. The zero-order chi connectivity index (χ0) is 21.8. The first kappa shape index (κ1) is 20.5. The van der Waals surface area contributed by atoms with Crippen LogP contribution in [-0.4, -0.2) is 51.7 Å². The van der Waals surface area contributed by atoms with Crippen molar-refractivity contribution < 1.29 is 19.4 Å². The first-order valence-electron chi connectivity index (χ1n) is 9.93. The van der Waals surface area contributed by atoms with Crippen LogP contribution in [-0.2, 0) is 11.2 Å². The summed E-state index contributed by atoms with van der Waals surface area (Å²) in [5.74, 6) is 0.254. The molecule has 0 radical (unpaired) electrons. The van der Waals surface area contributed by atoms with Gasteiger partial charge in [0.25, 0.3) is 0 Å². The van der Waals surface area contributed by atoms with E-state index >= 15 is 0 Å². The van der Waals surface area contributed by atoms with Gasteiger partial charge in [-0.05, 0) is 48.2 Å². The highest BCUT2D eigenvalue weighted by molar-refractivity contribution is 6.01. The Kier molecular flexibility index (Phi) is 5.89. The summed E-state index contributed by atoms with van der Waals surface area (Å²) in [5.41, 5.74) is 3.44. The fourth-order valence-corrected chi connectivity index (χ4v) is 3.56. The molecule has 3 heterocycles. The van der Waals surface area contributed by atoms with Crippen molar-refractivity contribution in [1.29, 1.82) is 0 Å². The number of nitrogens with zero attached hydrogens (tertiary/aromatic N) is 3. The van der Waals surface area contributed by atoms with Gasteiger partial charge in [0.1, 0.15) is 5.52 Å². The van der Waals surface area contributed by atoms with Crippen LogP contribution in [0.5, 0.6) is 0 Å². The molecule has 2 aromatic heterocycles. The molecule has 1 fully saturated rings. The summed E-state index contributed by atoms with van der Waals surface area (Å²) < 4.78 is 5.25. The number of carbonyl (C=O) groups is 2. The Morgan fingerprint density at radius 1 is 1.23 bits per heavy atom. The predicted molar refractivity (Wildman–Crippen MR) is 115 cm³/mol. The molecule has 0 bridgehead atoms. The van der Waals surface area contributed by atoms with Crippen LogP contribution >= 0.6 is 0 Å². The molecule has 1 saturated heterocycles. The number of ether oxygens (including phenoxy) is 1. The van der Waals surface area contributed by atoms with Crippen molar-refractivity contribution in [3.63, 3.8) is 0 Å². The SMILES string of the molecule is CCc1ccncc1-c1cc(NC(=O)O)c2nnc(NC(=O)NC3CCOC3)cc2c1. The highest BCUT2D eigenvalue weighted by Crippen LogP contribution is 2.32. The summed E-state index contributed by atoms with van der Waals surface area (Å²) in [6.45, 7) is 3.14. The maximum Gasteiger partial charge on any atom is 0.409 e. The van der Waals surface area contributed by atoms with E-state index in [9.17, 15) is 14.7 Å². The smallest absolute Gasteiger partial charge is 0.409 e. The monoisotopic (exact) mass is 422 g/mol. The molecule has 0 spiro atoms. The van der Waals surface area contributed by atoms with E-state index in [4.69, 9.17) is 4.74 Å². The van der Waals surface area contributed by atoms with Gasteiger partial charge in [0.05, 0.1) is 18.3 Å². The lowest BCUT2D eigenvalue weighted by atomic mass is 9.98. The average molecular weight is 422 g/mol. The van der Waals surface area contributed by atoms with Crippen molar-refractivity contribution in [3.8, 4) is 11.1 Å². The van der Waals surface area contributed by atoms with E-state index in [2.05, 4.69) is 31.1 Å². The van der Waals surface area contributed by atoms with Gasteiger partial charge in [0.2, 0.25) is 0 Å². The van der Waals surface area contributed by atoms with Crippen LogP contribution in [0.3, 0.4) is 0 Å². The zero-order valence-electron chi connectivity index (χ0n) is 16.9. The van der Waals surface area contributed by atoms with Gasteiger partial charge >= 0.3 is 12.1 Å². The molecule has 1 atom stereocenters. The number of hydrogen-bond donors (Lipinski definition) is 4. The number of nitrogens with one attached hydrogen (secondary N) is 3. The number of rotatable bonds is 5. The molecule has 3 aromatic rings. The van der Waals surface area contributed by atoms with Gasteiger partial charge in [-0.15, -0.1) is 10.2 Å². The normalized spacial score (nSPS) is 15.6. The molecule has 3 amide bonds. The van der Waals surface area contributed by atoms with Gasteiger partial charge < -0.3 is 15.2 Å². The number of fused-ring (bicyclic) bond motifs is 1. The van der Waals surface area contributed by atoms with Gasteiger partial charge in [-0.25, -0.2) is 9.59 Å². The van der Waals surface area contributed by atoms with Crippen LogP contribution in [0.15, 0.2) is 36.7 Å². The summed E-state index contributed by atoms with van der Waals surface area (Å²) in [5, 5.41) is 25.9. The van der Waals surface area contributed by atoms with E-state index in [0.717, 1.165) is 29.5 Å². The third-order valence-electron chi connectivity index (χ3n) is 5.04. The third kappa shape index (κ3) is 4.69. The Morgan fingerprint density at radius 2 is 2.10 bits per heavy atom. The fourth-order valence-electron chi connectivity index (χ4n) is 3.56. The minimum absolute atomic E-state index is 0.0376. The summed E-state index contributed by atoms with van der Waals surface area (Å²) in [4.78, 5) is 27.8. The minimum Gasteiger partial charge on any atom is -0.465 e. The Balaban J connectivity index is 1.70. The van der Waals surface area contributed by atoms with Crippen molar-refractivity contribution >= 4 is 34.5 Å². The molecule has 1 unspecified atom stereocenters. The van der Waals surface area contributed by atoms with Gasteiger partial charge in [-0.2, -0.15) is 0 Å². The molecular formula is C21H22N6O4. The number of hydrogen-bond acceptors (Lipinski definition) is 6. The molecule has 0 aliphatic carbocycles. The second-order valence-electron chi connectivity index (χ2n) is 7.17. The lowest BCUT2D eigenvalue weighted by Gasteiger charge is -2.13. The number of carbonyl (C=O) groups excluding carboxylic acids is 1. The topological polar surface area (TPSA) is 138 Å². The third-order valence-corrected chi connectivity index (χ3v) is 5.04. The van der Waals surface area contributed by atoms with Crippen molar-refractivity contribution in [2.75, 3.05) is 23.8 Å². The number of benzene rings is 1. The molecular weight excluding hydrogens is 400 g/mol. The van der Waals surface area contributed by atoms with Crippen LogP contribution in [0.1, 0.15) is 18.9 Å². The maximum absolute atomic E-state index is 12.2. The summed E-state index contributed by atoms with van der Waals surface area (Å²) in [6.07, 6.45) is 3.82. The van der Waals surface area contributed by atoms with Gasteiger partial charge in [0, 0.05) is 30.0 Å². The van der Waals surface area contributed by atoms with E-state index in [1.807, 2.05) is 19.1 Å². The fraction of sp³-hybridized carbons (Fsp3) is 0.286. The largest absolute Gasteiger partial charge is 0.465 e. The average Bonchev–Trinajstić information content (AvgIpc) is 3.25. The molecule has 10 heteroatoms. The number of pyridine rings is 1. The van der Waals surface area contributed by atoms with E-state index in [-0.39, 0.29) is 11.9 Å². The molecule has 1 aliphatic rings. The molecule has 160 valence electrons. The minimum atomic E-state index is -1.21. The number of anilines is 2. The zero-order valence-corrected chi connectivity index (χ0v) is 16.9. The Morgan fingerprint density at radius 3 is 2.84 bits per heavy atom. The first-order chi connectivity index (χ1) is 15.0. The van der Waals surface area contributed by atoms with Crippen LogP contribution in [0, 0.1) is 0 Å². The van der Waals surface area contributed by atoms with E-state index in [1.165, 1.54) is 0 Å². The Hall–Kier alpha value is -3.79.